The molecule has 16 heterocycles. The second-order valence-electron chi connectivity index (χ2n) is 26.6. The molecule has 0 aromatic heterocycles. The van der Waals surface area contributed by atoms with Gasteiger partial charge in [0.2, 0.25) is 0 Å². The van der Waals surface area contributed by atoms with Gasteiger partial charge >= 0.3 is 5.97 Å². The highest BCUT2D eigenvalue weighted by Crippen LogP contribution is 2.57. The molecule has 0 amide bonds. The van der Waals surface area contributed by atoms with Gasteiger partial charge in [-0.15, -0.1) is 0 Å². The van der Waals surface area contributed by atoms with Gasteiger partial charge in [-0.3, -0.25) is 4.79 Å². The highest BCUT2D eigenvalue weighted by atomic mass is 16.9. The van der Waals surface area contributed by atoms with Crippen molar-refractivity contribution in [2.24, 2.45) is 29.4 Å². The SMILES string of the molecule is C=C1C[C@@H]2CC[C@@]34CC5O[C@H]6[C@@H](O3)[C@H]3O[C@H](CC[C@@H]3O[C@H]6C5O4)CC(=O)O[C@@H]3[C@@H](C)[C@@H]4O[C@@H]5C[C@]6(C[C@@H]7O[C@]8(C[C@H](C)[C@@H]9O[C@H]([C@@H](O)CCN)C[C@@H]9O8)C[C@H](C)[C@@H]7O6)O[C@@H]5O[C@@H]4O[C@H]3C[C@H]3O[C@@H](CC[C@@H]1O2)C[C@@H](C)C3=C. The van der Waals surface area contributed by atoms with Gasteiger partial charge in [0.05, 0.1) is 85.8 Å². The molecule has 77 heavy (non-hydrogen) atoms. The summed E-state index contributed by atoms with van der Waals surface area (Å²) < 4.78 is 110. The van der Waals surface area contributed by atoms with Crippen LogP contribution in [-0.2, 0) is 80.6 Å². The molecule has 3 N–H and O–H groups in total. The van der Waals surface area contributed by atoms with Gasteiger partial charge in [0.25, 0.3) is 0 Å². The van der Waals surface area contributed by atoms with Gasteiger partial charge in [-0.05, 0) is 86.8 Å². The second kappa shape index (κ2) is 19.4. The van der Waals surface area contributed by atoms with E-state index in [1.165, 1.54) is 0 Å². The first-order valence-electron chi connectivity index (χ1n) is 30.0. The lowest BCUT2D eigenvalue weighted by atomic mass is 9.80. The van der Waals surface area contributed by atoms with Gasteiger partial charge in [-0.1, -0.05) is 40.9 Å². The van der Waals surface area contributed by atoms with E-state index in [1.54, 1.807) is 0 Å². The molecule has 16 saturated heterocycles. The molecule has 0 saturated carbocycles. The van der Waals surface area contributed by atoms with E-state index in [0.29, 0.717) is 77.2 Å². The Morgan fingerprint density at radius 2 is 1.23 bits per heavy atom. The van der Waals surface area contributed by atoms with Crippen LogP contribution in [0.5, 0.6) is 0 Å². The monoisotopic (exact) mass is 1080 g/mol. The average Bonchev–Trinajstić information content (AvgIpc) is 4.23. The van der Waals surface area contributed by atoms with Crippen LogP contribution in [0, 0.1) is 23.7 Å². The summed E-state index contributed by atoms with van der Waals surface area (Å²) in [4.78, 5) is 14.5. The van der Waals surface area contributed by atoms with E-state index in [4.69, 9.17) is 81.5 Å². The standard InChI is InChI=1S/C58H83NO18/c1-25-15-31-7-9-35-26(2)16-33(62-35)11-13-56-22-41-50(75-56)51-52(67-41)53(76-56)49-36(65-51)10-8-32(64-49)17-44(61)70-47-30(6)48-55(69-39(47)18-37(63-31)29(25)5)71-54-43(68-48)24-58(77-54)23-42-46(74-58)28(4)21-57(73-42)20-27(3)45-40(72-57)19-38(66-45)34(60)12-14-59/h25,27-28,30-43,45-55,60H,2,5,7-24,59H2,1,3-4,6H3/t25-,27+,28+,30-,31+,32-,33+,34+,35+,36+,37-,38+,39+,40+,41?,42+,43-,45+,46+,47-,48+,49+,50?,51+,52-,53+,54+,55+,56+,57-,58+/m1/s1. The zero-order valence-electron chi connectivity index (χ0n) is 45.3. The van der Waals surface area contributed by atoms with E-state index in [2.05, 4.69) is 40.9 Å². The van der Waals surface area contributed by atoms with Crippen LogP contribution in [0.1, 0.15) is 137 Å². The molecule has 0 aliphatic carbocycles. The second-order valence-corrected chi connectivity index (χ2v) is 26.6. The van der Waals surface area contributed by atoms with Crippen molar-refractivity contribution in [2.45, 2.75) is 301 Å². The van der Waals surface area contributed by atoms with Crippen LogP contribution in [-0.4, -0.2) is 182 Å². The van der Waals surface area contributed by atoms with Gasteiger partial charge in [0, 0.05) is 57.3 Å². The number of hydrogen-bond acceptors (Lipinski definition) is 19. The predicted octanol–water partition coefficient (Wildman–Crippen LogP) is 5.07. The average molecular weight is 1080 g/mol. The van der Waals surface area contributed by atoms with E-state index >= 15 is 0 Å². The minimum Gasteiger partial charge on any atom is -0.459 e. The van der Waals surface area contributed by atoms with E-state index in [1.807, 2.05) is 0 Å². The van der Waals surface area contributed by atoms with Gasteiger partial charge in [0.1, 0.15) is 54.9 Å². The third-order valence-corrected chi connectivity index (χ3v) is 21.2. The summed E-state index contributed by atoms with van der Waals surface area (Å²) in [5.74, 6) is -2.89. The molecule has 2 unspecified atom stereocenters. The number of ether oxygens (including phenoxy) is 16. The molecular weight excluding hydrogens is 999 g/mol. The summed E-state index contributed by atoms with van der Waals surface area (Å²) in [6, 6.07) is 0. The van der Waals surface area contributed by atoms with E-state index in [0.717, 1.165) is 43.3 Å². The van der Waals surface area contributed by atoms with Crippen LogP contribution in [0.3, 0.4) is 0 Å². The third kappa shape index (κ3) is 8.94. The molecule has 16 aliphatic heterocycles. The van der Waals surface area contributed by atoms with Crippen LogP contribution in [0.25, 0.3) is 0 Å². The van der Waals surface area contributed by atoms with Crippen molar-refractivity contribution >= 4 is 5.97 Å². The molecule has 19 nitrogen and oxygen atoms in total. The maximum absolute atomic E-state index is 14.5. The zero-order valence-corrected chi connectivity index (χ0v) is 45.3. The van der Waals surface area contributed by atoms with Crippen molar-refractivity contribution in [1.82, 2.24) is 0 Å². The lowest BCUT2D eigenvalue weighted by Crippen LogP contribution is -2.62. The van der Waals surface area contributed by atoms with Crippen molar-refractivity contribution in [2.75, 3.05) is 6.54 Å². The summed E-state index contributed by atoms with van der Waals surface area (Å²) in [6.07, 6.45) is 1.98. The quantitative estimate of drug-likeness (QED) is 0.279. The van der Waals surface area contributed by atoms with Crippen LogP contribution >= 0.6 is 0 Å². The van der Waals surface area contributed by atoms with Crippen molar-refractivity contribution in [3.8, 4) is 0 Å². The first-order chi connectivity index (χ1) is 37.1. The fraction of sp³-hybridized carbons (Fsp3) is 0.914. The molecule has 428 valence electrons. The minimum atomic E-state index is -1.01. The molecule has 0 aromatic carbocycles. The Kier molecular flexibility index (Phi) is 13.1. The Hall–Kier alpha value is -1.73. The third-order valence-electron chi connectivity index (χ3n) is 21.2. The number of nitrogens with two attached hydrogens (primary N) is 1. The smallest absolute Gasteiger partial charge is 0.308 e. The fourth-order valence-corrected chi connectivity index (χ4v) is 17.5. The fourth-order valence-electron chi connectivity index (χ4n) is 17.5. The maximum atomic E-state index is 14.5. The van der Waals surface area contributed by atoms with E-state index < -0.39 is 78.8 Å². The highest BCUT2D eigenvalue weighted by Gasteiger charge is 2.70. The number of aliphatic hydroxyl groups excluding tert-OH is 1. The van der Waals surface area contributed by atoms with Crippen molar-refractivity contribution in [3.63, 3.8) is 0 Å². The van der Waals surface area contributed by atoms with Crippen LogP contribution in [0.15, 0.2) is 24.3 Å². The van der Waals surface area contributed by atoms with Crippen molar-refractivity contribution < 1.29 is 85.7 Å². The van der Waals surface area contributed by atoms with Crippen molar-refractivity contribution in [1.29, 1.82) is 0 Å². The summed E-state index contributed by atoms with van der Waals surface area (Å²) in [7, 11) is 0. The minimum absolute atomic E-state index is 0.0105. The number of carbonyl (C=O) groups excluding carboxylic acids is 1. The normalized spacial score (nSPS) is 57.9. The first kappa shape index (κ1) is 52.1. The molecule has 3 spiro atoms. The Morgan fingerprint density at radius 1 is 0.532 bits per heavy atom. The van der Waals surface area contributed by atoms with Gasteiger partial charge < -0.3 is 86.6 Å². The summed E-state index contributed by atoms with van der Waals surface area (Å²) >= 11 is 0. The summed E-state index contributed by atoms with van der Waals surface area (Å²) in [6.45, 7) is 18.1. The van der Waals surface area contributed by atoms with Gasteiger partial charge in [-0.2, -0.15) is 0 Å². The molecular formula is C58H83NO18. The lowest BCUT2D eigenvalue weighted by molar-refractivity contribution is -0.392. The number of aliphatic hydroxyl groups is 1. The number of carbonyl (C=O) groups is 1. The predicted molar refractivity (Wildman–Crippen MR) is 266 cm³/mol. The summed E-state index contributed by atoms with van der Waals surface area (Å²) in [5, 5.41) is 10.8. The Bertz CT molecular complexity index is 2290. The zero-order chi connectivity index (χ0) is 52.4. The molecule has 31 atom stereocenters. The van der Waals surface area contributed by atoms with Crippen LogP contribution < -0.4 is 5.73 Å². The molecule has 16 rings (SSSR count). The number of esters is 1. The molecule has 0 radical (unpaired) electrons. The Morgan fingerprint density at radius 3 is 2.09 bits per heavy atom. The van der Waals surface area contributed by atoms with Crippen molar-refractivity contribution in [3.05, 3.63) is 24.3 Å². The van der Waals surface area contributed by atoms with E-state index in [-0.39, 0.29) is 122 Å². The largest absolute Gasteiger partial charge is 0.459 e. The van der Waals surface area contributed by atoms with E-state index in [9.17, 15) is 9.90 Å². The summed E-state index contributed by atoms with van der Waals surface area (Å²) in [5.41, 5.74) is 7.90. The van der Waals surface area contributed by atoms with Crippen LogP contribution in [0.4, 0.5) is 0 Å². The molecule has 12 bridgehead atoms. The Labute approximate surface area is 451 Å². The highest BCUT2D eigenvalue weighted by molar-refractivity contribution is 5.70. The number of hydrogen-bond donors (Lipinski definition) is 2. The maximum Gasteiger partial charge on any atom is 0.308 e. The topological polar surface area (TPSA) is 211 Å². The lowest BCUT2D eigenvalue weighted by Gasteiger charge is -2.50. The number of fused-ring (bicyclic) bond motifs is 10. The first-order valence-corrected chi connectivity index (χ1v) is 30.0. The molecule has 19 heteroatoms. The van der Waals surface area contributed by atoms with Gasteiger partial charge in [-0.25, -0.2) is 0 Å². The molecule has 16 fully saturated rings. The molecule has 0 aromatic rings. The Balaban J connectivity index is 0.663. The van der Waals surface area contributed by atoms with Crippen LogP contribution in [0.2, 0.25) is 0 Å². The molecule has 16 aliphatic rings. The number of rotatable bonds is 3. The van der Waals surface area contributed by atoms with Gasteiger partial charge in [0.15, 0.2) is 29.9 Å².